The Bertz CT molecular complexity index is 982. The molecule has 148 valence electrons. The van der Waals surface area contributed by atoms with E-state index < -0.39 is 0 Å². The summed E-state index contributed by atoms with van der Waals surface area (Å²) >= 11 is 3.04. The summed E-state index contributed by atoms with van der Waals surface area (Å²) in [4.78, 5) is 12.4. The molecule has 0 bridgehead atoms. The predicted molar refractivity (Wildman–Crippen MR) is 123 cm³/mol. The van der Waals surface area contributed by atoms with Gasteiger partial charge in [0.15, 0.2) is 0 Å². The van der Waals surface area contributed by atoms with Gasteiger partial charge in [0.2, 0.25) is 0 Å². The van der Waals surface area contributed by atoms with Crippen molar-refractivity contribution in [3.63, 3.8) is 0 Å². The highest BCUT2D eigenvalue weighted by atomic mass is 32.2. The van der Waals surface area contributed by atoms with E-state index in [4.69, 9.17) is 5.26 Å². The Kier molecular flexibility index (Phi) is 9.33. The number of nitrogens with one attached hydrogen (secondary N) is 1. The lowest BCUT2D eigenvalue weighted by Crippen LogP contribution is -1.96. The maximum Gasteiger partial charge on any atom is 0.265 e. The molecule has 0 aliphatic carbocycles. The molecular formula is C23H28N2OS2. The summed E-state index contributed by atoms with van der Waals surface area (Å²) in [7, 11) is 0. The minimum absolute atomic E-state index is 0.0448. The minimum atomic E-state index is 0.0448. The van der Waals surface area contributed by atoms with Crippen LogP contribution in [0.15, 0.2) is 46.1 Å². The molecule has 0 saturated carbocycles. The zero-order valence-corrected chi connectivity index (χ0v) is 18.5. The number of aromatic amines is 1. The third-order valence-electron chi connectivity index (χ3n) is 4.56. The Labute approximate surface area is 176 Å². The first-order valence-corrected chi connectivity index (χ1v) is 11.8. The van der Waals surface area contributed by atoms with Gasteiger partial charge in [-0.15, -0.1) is 11.8 Å². The van der Waals surface area contributed by atoms with Crippen LogP contribution in [0.5, 0.6) is 0 Å². The molecule has 1 heterocycles. The van der Waals surface area contributed by atoms with Gasteiger partial charge in [0, 0.05) is 4.90 Å². The fourth-order valence-electron chi connectivity index (χ4n) is 2.92. The molecule has 0 amide bonds. The second-order valence-corrected chi connectivity index (χ2v) is 8.41. The van der Waals surface area contributed by atoms with Crippen molar-refractivity contribution in [2.24, 2.45) is 0 Å². The highest BCUT2D eigenvalue weighted by Gasteiger charge is 2.02. The van der Waals surface area contributed by atoms with Gasteiger partial charge in [0.25, 0.3) is 5.56 Å². The van der Waals surface area contributed by atoms with Crippen molar-refractivity contribution in [1.82, 2.24) is 4.37 Å². The fraction of sp³-hybridized carbons (Fsp3) is 0.391. The topological polar surface area (TPSA) is 56.6 Å². The number of benzene rings is 2. The summed E-state index contributed by atoms with van der Waals surface area (Å²) in [6.45, 7) is 4.36. The second kappa shape index (κ2) is 11.7. The van der Waals surface area contributed by atoms with E-state index in [0.717, 1.165) is 33.4 Å². The molecule has 0 atom stereocenters. The number of nitriles is 1. The van der Waals surface area contributed by atoms with Gasteiger partial charge in [0.1, 0.15) is 6.07 Å². The Balaban J connectivity index is 0.000000200. The summed E-state index contributed by atoms with van der Waals surface area (Å²) in [6.07, 6.45) is 8.94. The molecule has 0 aliphatic heterocycles. The zero-order chi connectivity index (χ0) is 20.4. The number of rotatable bonds is 7. The molecule has 0 unspecified atom stereocenters. The number of aryl methyl sites for hydroxylation is 2. The van der Waals surface area contributed by atoms with Crippen molar-refractivity contribution < 1.29 is 0 Å². The molecule has 28 heavy (non-hydrogen) atoms. The Morgan fingerprint density at radius 1 is 1.04 bits per heavy atom. The molecule has 0 saturated heterocycles. The van der Waals surface area contributed by atoms with Gasteiger partial charge in [-0.2, -0.15) is 5.26 Å². The first-order valence-electron chi connectivity index (χ1n) is 9.80. The maximum absolute atomic E-state index is 11.4. The third kappa shape index (κ3) is 6.25. The maximum atomic E-state index is 11.4. The highest BCUT2D eigenvalue weighted by Crippen LogP contribution is 2.21. The molecule has 0 radical (unpaired) electrons. The van der Waals surface area contributed by atoms with Crippen molar-refractivity contribution in [3.8, 4) is 6.07 Å². The quantitative estimate of drug-likeness (QED) is 0.447. The first kappa shape index (κ1) is 22.3. The minimum Gasteiger partial charge on any atom is -0.277 e. The van der Waals surface area contributed by atoms with Crippen molar-refractivity contribution in [2.75, 3.05) is 6.26 Å². The lowest BCUT2D eigenvalue weighted by molar-refractivity contribution is 0.794. The Morgan fingerprint density at radius 3 is 2.29 bits per heavy atom. The van der Waals surface area contributed by atoms with Crippen LogP contribution in [-0.2, 0) is 12.8 Å². The van der Waals surface area contributed by atoms with E-state index in [2.05, 4.69) is 36.4 Å². The van der Waals surface area contributed by atoms with E-state index in [0.29, 0.717) is 0 Å². The van der Waals surface area contributed by atoms with Gasteiger partial charge < -0.3 is 0 Å². The Hall–Kier alpha value is -2.03. The largest absolute Gasteiger partial charge is 0.277 e. The molecule has 3 nitrogen and oxygen atoms in total. The summed E-state index contributed by atoms with van der Waals surface area (Å²) in [6, 6.07) is 14.6. The highest BCUT2D eigenvalue weighted by molar-refractivity contribution is 7.98. The molecule has 3 rings (SSSR count). The van der Waals surface area contributed by atoms with Crippen molar-refractivity contribution >= 4 is 33.4 Å². The number of hydrogen-bond acceptors (Lipinski definition) is 4. The van der Waals surface area contributed by atoms with Crippen LogP contribution < -0.4 is 5.56 Å². The smallest absolute Gasteiger partial charge is 0.265 e. The number of nitrogens with zero attached hydrogens (tertiary/aromatic N) is 1. The van der Waals surface area contributed by atoms with Crippen LogP contribution in [-0.4, -0.2) is 10.6 Å². The van der Waals surface area contributed by atoms with Gasteiger partial charge in [-0.05, 0) is 67.3 Å². The van der Waals surface area contributed by atoms with Crippen LogP contribution in [0.25, 0.3) is 10.1 Å². The Morgan fingerprint density at radius 2 is 1.68 bits per heavy atom. The lowest BCUT2D eigenvalue weighted by Gasteiger charge is -2.03. The number of H-pyrrole nitrogens is 1. The molecule has 5 heteroatoms. The fourth-order valence-corrected chi connectivity index (χ4v) is 4.15. The van der Waals surface area contributed by atoms with E-state index in [1.54, 1.807) is 11.8 Å². The normalized spacial score (nSPS) is 10.4. The first-order chi connectivity index (χ1) is 13.6. The van der Waals surface area contributed by atoms with Gasteiger partial charge in [-0.25, -0.2) is 0 Å². The molecule has 1 N–H and O–H groups in total. The monoisotopic (exact) mass is 412 g/mol. The van der Waals surface area contributed by atoms with Crippen LogP contribution in [0.3, 0.4) is 0 Å². The molecular weight excluding hydrogens is 384 g/mol. The van der Waals surface area contributed by atoms with Crippen molar-refractivity contribution in [1.29, 1.82) is 5.26 Å². The predicted octanol–water partition coefficient (Wildman–Crippen LogP) is 6.55. The van der Waals surface area contributed by atoms with Gasteiger partial charge in [0.05, 0.1) is 15.6 Å². The number of fused-ring (bicyclic) bond motifs is 1. The second-order valence-electron chi connectivity index (χ2n) is 6.72. The van der Waals surface area contributed by atoms with Crippen molar-refractivity contribution in [3.05, 3.63) is 63.4 Å². The molecule has 1 aromatic heterocycles. The standard InChI is InChI=1S/C12H15NS.C11H13NOS/c1-3-4-5-10-6-7-12(14-2)11(8-10)9-13;1-2-3-4-8-5-6-10-9(7-8)11(13)12-14-10/h6-8H,3-5H2,1-2H3;5-7H,2-4H2,1H3,(H,12,13). The number of thioether (sulfide) groups is 1. The molecule has 0 spiro atoms. The van der Waals surface area contributed by atoms with Crippen molar-refractivity contribution in [2.45, 2.75) is 57.3 Å². The summed E-state index contributed by atoms with van der Waals surface area (Å²) in [5.41, 5.74) is 3.40. The van der Waals surface area contributed by atoms with Crippen LogP contribution >= 0.6 is 23.3 Å². The average Bonchev–Trinajstić information content (AvgIpc) is 3.11. The number of unbranched alkanes of at least 4 members (excludes halogenated alkanes) is 2. The average molecular weight is 413 g/mol. The van der Waals surface area contributed by atoms with E-state index in [1.165, 1.54) is 48.3 Å². The molecule has 3 aromatic rings. The van der Waals surface area contributed by atoms with E-state index in [-0.39, 0.29) is 5.56 Å². The summed E-state index contributed by atoms with van der Waals surface area (Å²) in [5.74, 6) is 0. The summed E-state index contributed by atoms with van der Waals surface area (Å²) in [5, 5.41) is 9.77. The van der Waals surface area contributed by atoms with Crippen LogP contribution in [0.4, 0.5) is 0 Å². The lowest BCUT2D eigenvalue weighted by atomic mass is 10.1. The SMILES string of the molecule is CCCCc1ccc(SC)c(C#N)c1.CCCCc1ccc2s[nH]c(=O)c2c1. The van der Waals surface area contributed by atoms with Gasteiger partial charge >= 0.3 is 0 Å². The van der Waals surface area contributed by atoms with E-state index in [1.807, 2.05) is 30.5 Å². The zero-order valence-electron chi connectivity index (χ0n) is 16.9. The van der Waals surface area contributed by atoms with Gasteiger partial charge in [-0.1, -0.05) is 50.4 Å². The van der Waals surface area contributed by atoms with Gasteiger partial charge in [-0.3, -0.25) is 9.17 Å². The summed E-state index contributed by atoms with van der Waals surface area (Å²) < 4.78 is 3.80. The van der Waals surface area contributed by atoms with Crippen LogP contribution in [0.1, 0.15) is 56.2 Å². The van der Waals surface area contributed by atoms with Crippen LogP contribution in [0.2, 0.25) is 0 Å². The molecule has 2 aromatic carbocycles. The molecule has 0 fully saturated rings. The van der Waals surface area contributed by atoms with Crippen LogP contribution in [0, 0.1) is 11.3 Å². The number of hydrogen-bond donors (Lipinski definition) is 1. The third-order valence-corrected chi connectivity index (χ3v) is 6.22. The number of aromatic nitrogens is 1. The van der Waals surface area contributed by atoms with E-state index in [9.17, 15) is 4.79 Å². The van der Waals surface area contributed by atoms with E-state index >= 15 is 0 Å². The molecule has 0 aliphatic rings.